The molecule has 0 saturated heterocycles. The molecule has 0 heterocycles. The average Bonchev–Trinajstić information content (AvgIpc) is 2.60. The van der Waals surface area contributed by atoms with Crippen LogP contribution in [0.4, 0.5) is 0 Å². The van der Waals surface area contributed by atoms with Crippen molar-refractivity contribution >= 4 is 5.97 Å². The van der Waals surface area contributed by atoms with Gasteiger partial charge in [-0.2, -0.15) is 0 Å². The van der Waals surface area contributed by atoms with E-state index in [-0.39, 0.29) is 12.8 Å². The molecular formula is C20H20O4. The Morgan fingerprint density at radius 3 is 2.67 bits per heavy atom. The summed E-state index contributed by atoms with van der Waals surface area (Å²) in [6.45, 7) is 1.72. The fraction of sp³-hybridized carbons (Fsp3) is 0.350. The summed E-state index contributed by atoms with van der Waals surface area (Å²) in [6, 6.07) is 7.34. The number of rotatable bonds is 4. The lowest BCUT2D eigenvalue weighted by Gasteiger charge is -2.21. The van der Waals surface area contributed by atoms with Gasteiger partial charge in [0.15, 0.2) is 6.10 Å². The summed E-state index contributed by atoms with van der Waals surface area (Å²) in [5, 5.41) is 9.26. The molecule has 0 aromatic heterocycles. The van der Waals surface area contributed by atoms with E-state index < -0.39 is 17.5 Å². The molecule has 0 radical (unpaired) electrons. The summed E-state index contributed by atoms with van der Waals surface area (Å²) in [5.41, 5.74) is -0.113. The highest BCUT2D eigenvalue weighted by molar-refractivity contribution is 5.77. The highest BCUT2D eigenvalue weighted by Gasteiger charge is 2.32. The van der Waals surface area contributed by atoms with Crippen molar-refractivity contribution in [3.05, 3.63) is 29.8 Å². The third-order valence-electron chi connectivity index (χ3n) is 3.33. The molecule has 124 valence electrons. The van der Waals surface area contributed by atoms with Crippen molar-refractivity contribution in [1.82, 2.24) is 0 Å². The molecule has 0 aliphatic rings. The summed E-state index contributed by atoms with van der Waals surface area (Å²) in [6.07, 6.45) is 4.35. The Bertz CT molecular complexity index is 737. The molecule has 1 aromatic carbocycles. The lowest BCUT2D eigenvalue weighted by atomic mass is 9.83. The number of carbonyl (C=O) groups excluding carboxylic acids is 1. The molecule has 1 rings (SSSR count). The van der Waals surface area contributed by atoms with E-state index in [1.54, 1.807) is 14.0 Å². The molecule has 24 heavy (non-hydrogen) atoms. The molecule has 1 N–H and O–H groups in total. The first-order valence-corrected chi connectivity index (χ1v) is 7.29. The molecule has 0 bridgehead atoms. The molecule has 0 saturated carbocycles. The van der Waals surface area contributed by atoms with Crippen LogP contribution < -0.4 is 4.74 Å². The van der Waals surface area contributed by atoms with Gasteiger partial charge in [-0.3, -0.25) is 4.79 Å². The second kappa shape index (κ2) is 9.31. The monoisotopic (exact) mass is 324 g/mol. The van der Waals surface area contributed by atoms with Gasteiger partial charge in [0.1, 0.15) is 5.75 Å². The van der Waals surface area contributed by atoms with Crippen molar-refractivity contribution in [3.63, 3.8) is 0 Å². The Kier molecular flexibility index (Phi) is 7.44. The number of aliphatic hydroxyl groups is 1. The number of benzene rings is 1. The quantitative estimate of drug-likeness (QED) is 0.680. The molecule has 0 spiro atoms. The van der Waals surface area contributed by atoms with Gasteiger partial charge < -0.3 is 14.6 Å². The van der Waals surface area contributed by atoms with E-state index in [4.69, 9.17) is 15.9 Å². The van der Waals surface area contributed by atoms with Crippen molar-refractivity contribution < 1.29 is 19.4 Å². The summed E-state index contributed by atoms with van der Waals surface area (Å²) in [7, 11) is 2.91. The van der Waals surface area contributed by atoms with Gasteiger partial charge >= 0.3 is 5.97 Å². The number of carbonyl (C=O) groups is 1. The summed E-state index contributed by atoms with van der Waals surface area (Å²) in [4.78, 5) is 12.0. The van der Waals surface area contributed by atoms with Crippen LogP contribution in [0.15, 0.2) is 24.3 Å². The third-order valence-corrected chi connectivity index (χ3v) is 3.33. The van der Waals surface area contributed by atoms with Crippen molar-refractivity contribution in [2.24, 2.45) is 5.41 Å². The Labute approximate surface area is 143 Å². The first kappa shape index (κ1) is 19.2. The third kappa shape index (κ3) is 5.73. The van der Waals surface area contributed by atoms with Crippen molar-refractivity contribution in [3.8, 4) is 41.8 Å². The lowest BCUT2D eigenvalue weighted by Crippen LogP contribution is -2.28. The van der Waals surface area contributed by atoms with Crippen LogP contribution in [-0.2, 0) is 9.53 Å². The fourth-order valence-corrected chi connectivity index (χ4v) is 1.88. The largest absolute Gasteiger partial charge is 0.497 e. The van der Waals surface area contributed by atoms with E-state index in [0.29, 0.717) is 5.75 Å². The highest BCUT2D eigenvalue weighted by atomic mass is 16.5. The topological polar surface area (TPSA) is 55.8 Å². The maximum atomic E-state index is 12.0. The van der Waals surface area contributed by atoms with Gasteiger partial charge in [-0.25, -0.2) is 0 Å². The maximum absolute atomic E-state index is 12.0. The zero-order chi connectivity index (χ0) is 18.0. The molecule has 4 heteroatoms. The van der Waals surface area contributed by atoms with Gasteiger partial charge in [0.2, 0.25) is 0 Å². The van der Waals surface area contributed by atoms with Crippen molar-refractivity contribution in [2.45, 2.75) is 25.9 Å². The van der Waals surface area contributed by atoms with E-state index in [1.807, 2.05) is 24.3 Å². The lowest BCUT2D eigenvalue weighted by molar-refractivity contribution is -0.151. The number of aliphatic hydroxyl groups excluding tert-OH is 1. The van der Waals surface area contributed by atoms with E-state index in [2.05, 4.69) is 29.6 Å². The van der Waals surface area contributed by atoms with Crippen LogP contribution in [0.5, 0.6) is 5.75 Å². The second-order valence-corrected chi connectivity index (χ2v) is 5.33. The number of esters is 1. The number of hydrogen-bond acceptors (Lipinski definition) is 4. The molecule has 4 nitrogen and oxygen atoms in total. The SMILES string of the molecule is C#CC(O)C#CCC(C)(CC#Cc1cccc(OC)c1)C(=O)OC. The predicted molar refractivity (Wildman–Crippen MR) is 91.8 cm³/mol. The maximum Gasteiger partial charge on any atom is 0.313 e. The van der Waals surface area contributed by atoms with Crippen LogP contribution in [0.1, 0.15) is 25.3 Å². The number of hydrogen-bond donors (Lipinski definition) is 1. The minimum atomic E-state index is -1.14. The van der Waals surface area contributed by atoms with E-state index in [9.17, 15) is 9.90 Å². The molecule has 2 unspecified atom stereocenters. The second-order valence-electron chi connectivity index (χ2n) is 5.33. The van der Waals surface area contributed by atoms with Crippen LogP contribution >= 0.6 is 0 Å². The van der Waals surface area contributed by atoms with E-state index in [0.717, 1.165) is 5.56 Å². The first-order valence-electron chi connectivity index (χ1n) is 7.29. The first-order chi connectivity index (χ1) is 11.4. The van der Waals surface area contributed by atoms with Crippen LogP contribution in [0.2, 0.25) is 0 Å². The predicted octanol–water partition coefficient (Wildman–Crippen LogP) is 2.00. The minimum Gasteiger partial charge on any atom is -0.497 e. The Morgan fingerprint density at radius 1 is 1.33 bits per heavy atom. The van der Waals surface area contributed by atoms with Crippen LogP contribution in [0.25, 0.3) is 0 Å². The standard InChI is InChI=1S/C20H20O4/c1-5-17(21)11-8-14-20(2,19(22)24-4)13-7-10-16-9-6-12-18(15-16)23-3/h1,6,9,12,15,17,21H,13-14H2,2-4H3. The van der Waals surface area contributed by atoms with Gasteiger partial charge in [0, 0.05) is 18.4 Å². The average molecular weight is 324 g/mol. The van der Waals surface area contributed by atoms with Crippen LogP contribution in [0, 0.1) is 41.4 Å². The smallest absolute Gasteiger partial charge is 0.313 e. The summed E-state index contributed by atoms with van der Waals surface area (Å²) >= 11 is 0. The zero-order valence-corrected chi connectivity index (χ0v) is 14.1. The van der Waals surface area contributed by atoms with Gasteiger partial charge in [-0.1, -0.05) is 35.7 Å². The van der Waals surface area contributed by atoms with Gasteiger partial charge in [-0.15, -0.1) is 6.42 Å². The number of methoxy groups -OCH3 is 2. The minimum absolute atomic E-state index is 0.186. The Hall–Kier alpha value is -2.87. The molecular weight excluding hydrogens is 304 g/mol. The fourth-order valence-electron chi connectivity index (χ4n) is 1.88. The number of terminal acetylenes is 1. The van der Waals surface area contributed by atoms with Crippen molar-refractivity contribution in [2.75, 3.05) is 14.2 Å². The highest BCUT2D eigenvalue weighted by Crippen LogP contribution is 2.27. The van der Waals surface area contributed by atoms with Crippen LogP contribution in [-0.4, -0.2) is 31.4 Å². The normalized spacial score (nSPS) is 13.0. The molecule has 0 aliphatic heterocycles. The molecule has 0 amide bonds. The molecule has 0 fully saturated rings. The van der Waals surface area contributed by atoms with E-state index in [1.165, 1.54) is 7.11 Å². The summed E-state index contributed by atoms with van der Waals surface area (Å²) < 4.78 is 9.99. The molecule has 1 aromatic rings. The van der Waals surface area contributed by atoms with Gasteiger partial charge in [0.05, 0.1) is 19.6 Å². The van der Waals surface area contributed by atoms with E-state index >= 15 is 0 Å². The Balaban J connectivity index is 2.90. The van der Waals surface area contributed by atoms with Crippen LogP contribution in [0.3, 0.4) is 0 Å². The summed E-state index contributed by atoms with van der Waals surface area (Å²) in [5.74, 6) is 13.6. The zero-order valence-electron chi connectivity index (χ0n) is 14.1. The molecule has 0 aliphatic carbocycles. The van der Waals surface area contributed by atoms with Gasteiger partial charge in [-0.05, 0) is 25.1 Å². The number of ether oxygens (including phenoxy) is 2. The van der Waals surface area contributed by atoms with Gasteiger partial charge in [0.25, 0.3) is 0 Å². The van der Waals surface area contributed by atoms with Crippen molar-refractivity contribution in [1.29, 1.82) is 0 Å². The Morgan fingerprint density at radius 2 is 2.04 bits per heavy atom. The molecule has 2 atom stereocenters.